The number of hydrogen-bond donors (Lipinski definition) is 1. The summed E-state index contributed by atoms with van der Waals surface area (Å²) >= 11 is 0. The van der Waals surface area contributed by atoms with E-state index in [0.29, 0.717) is 6.42 Å². The number of ether oxygens (including phenoxy) is 1. The van der Waals surface area contributed by atoms with Crippen molar-refractivity contribution in [3.63, 3.8) is 0 Å². The summed E-state index contributed by atoms with van der Waals surface area (Å²) in [6.45, 7) is 2.38. The minimum Gasteiger partial charge on any atom is -0.469 e. The monoisotopic (exact) mass is 273 g/mol. The van der Waals surface area contributed by atoms with Crippen LogP contribution in [0, 0.1) is 0 Å². The van der Waals surface area contributed by atoms with E-state index in [-0.39, 0.29) is 5.97 Å². The molecule has 5 nitrogen and oxygen atoms in total. The van der Waals surface area contributed by atoms with Gasteiger partial charge in [-0.15, -0.1) is 0 Å². The quantitative estimate of drug-likeness (QED) is 0.612. The van der Waals surface area contributed by atoms with Gasteiger partial charge in [0.15, 0.2) is 0 Å². The van der Waals surface area contributed by atoms with Crippen molar-refractivity contribution in [1.29, 1.82) is 0 Å². The third-order valence-corrected chi connectivity index (χ3v) is 3.07. The number of aromatic nitrogens is 2. The molecule has 0 aliphatic rings. The molecule has 0 atom stereocenters. The van der Waals surface area contributed by atoms with Crippen LogP contribution in [0.3, 0.4) is 0 Å². The number of nitrogens with one attached hydrogen (secondary N) is 1. The zero-order valence-corrected chi connectivity index (χ0v) is 11.6. The molecular weight excluding hydrogens is 254 g/mol. The molecule has 1 N–H and O–H groups in total. The maximum atomic E-state index is 11.4. The van der Waals surface area contributed by atoms with Gasteiger partial charge in [0.1, 0.15) is 0 Å². The molecule has 0 radical (unpaired) electrons. The van der Waals surface area contributed by atoms with Crippen molar-refractivity contribution in [2.45, 2.75) is 19.5 Å². The molecule has 0 bridgehead atoms. The lowest BCUT2D eigenvalue weighted by molar-refractivity contribution is -0.139. The molecule has 0 unspecified atom stereocenters. The Morgan fingerprint density at radius 1 is 1.30 bits per heavy atom. The topological polar surface area (TPSA) is 56.1 Å². The number of carbonyl (C=O) groups is 1. The predicted molar refractivity (Wildman–Crippen MR) is 76.1 cm³/mol. The van der Waals surface area contributed by atoms with Crippen molar-refractivity contribution in [3.8, 4) is 0 Å². The summed E-state index contributed by atoms with van der Waals surface area (Å²) in [5, 5.41) is 7.50. The fourth-order valence-corrected chi connectivity index (χ4v) is 1.98. The second-order valence-electron chi connectivity index (χ2n) is 4.47. The zero-order chi connectivity index (χ0) is 14.2. The average Bonchev–Trinajstić information content (AvgIpc) is 2.98. The van der Waals surface area contributed by atoms with Gasteiger partial charge < -0.3 is 10.1 Å². The van der Waals surface area contributed by atoms with Crippen molar-refractivity contribution >= 4 is 5.97 Å². The highest BCUT2D eigenvalue weighted by molar-refractivity contribution is 5.72. The van der Waals surface area contributed by atoms with Crippen LogP contribution in [-0.2, 0) is 29.0 Å². The molecule has 5 heteroatoms. The molecule has 2 aromatic rings. The van der Waals surface area contributed by atoms with Gasteiger partial charge in [-0.25, -0.2) is 0 Å². The van der Waals surface area contributed by atoms with E-state index in [1.165, 1.54) is 7.11 Å². The van der Waals surface area contributed by atoms with E-state index >= 15 is 0 Å². The highest BCUT2D eigenvalue weighted by Crippen LogP contribution is 2.10. The van der Waals surface area contributed by atoms with E-state index in [1.807, 2.05) is 41.2 Å². The number of benzene rings is 1. The maximum absolute atomic E-state index is 11.4. The van der Waals surface area contributed by atoms with Crippen LogP contribution in [0.15, 0.2) is 42.7 Å². The summed E-state index contributed by atoms with van der Waals surface area (Å²) in [6, 6.07) is 9.81. The smallest absolute Gasteiger partial charge is 0.309 e. The van der Waals surface area contributed by atoms with Crippen LogP contribution in [-0.4, -0.2) is 29.4 Å². The van der Waals surface area contributed by atoms with E-state index < -0.39 is 0 Å². The van der Waals surface area contributed by atoms with Gasteiger partial charge in [-0.3, -0.25) is 9.48 Å². The lowest BCUT2D eigenvalue weighted by atomic mass is 10.0. The predicted octanol–water partition coefficient (Wildman–Crippen LogP) is 1.39. The minimum atomic E-state index is -0.214. The number of nitrogens with zero attached hydrogens (tertiary/aromatic N) is 2. The van der Waals surface area contributed by atoms with Crippen LogP contribution in [0.25, 0.3) is 0 Å². The Balaban J connectivity index is 1.84. The Morgan fingerprint density at radius 3 is 2.80 bits per heavy atom. The molecule has 1 aromatic heterocycles. The Bertz CT molecular complexity index is 538. The molecule has 0 aliphatic heterocycles. The first-order valence-electron chi connectivity index (χ1n) is 6.61. The molecule has 1 heterocycles. The van der Waals surface area contributed by atoms with E-state index in [1.54, 1.807) is 6.20 Å². The molecule has 2 rings (SSSR count). The number of rotatable bonds is 7. The van der Waals surface area contributed by atoms with Crippen LogP contribution in [0.5, 0.6) is 0 Å². The lowest BCUT2D eigenvalue weighted by Gasteiger charge is -2.10. The van der Waals surface area contributed by atoms with Crippen molar-refractivity contribution in [3.05, 3.63) is 53.9 Å². The largest absolute Gasteiger partial charge is 0.469 e. The molecule has 0 saturated heterocycles. The first-order chi connectivity index (χ1) is 9.79. The Hall–Kier alpha value is -2.14. The summed E-state index contributed by atoms with van der Waals surface area (Å²) in [6.07, 6.45) is 4.02. The summed E-state index contributed by atoms with van der Waals surface area (Å²) in [5.41, 5.74) is 2.13. The van der Waals surface area contributed by atoms with Crippen molar-refractivity contribution < 1.29 is 9.53 Å². The number of carbonyl (C=O) groups excluding carboxylic acids is 1. The summed E-state index contributed by atoms with van der Waals surface area (Å²) in [7, 11) is 1.41. The van der Waals surface area contributed by atoms with E-state index in [2.05, 4.69) is 10.4 Å². The Morgan fingerprint density at radius 2 is 2.10 bits per heavy atom. The third kappa shape index (κ3) is 4.20. The minimum absolute atomic E-state index is 0.214. The van der Waals surface area contributed by atoms with Crippen molar-refractivity contribution in [1.82, 2.24) is 15.1 Å². The first-order valence-corrected chi connectivity index (χ1v) is 6.61. The van der Waals surface area contributed by atoms with E-state index in [9.17, 15) is 4.79 Å². The van der Waals surface area contributed by atoms with Crippen LogP contribution in [0.1, 0.15) is 11.1 Å². The maximum Gasteiger partial charge on any atom is 0.309 e. The van der Waals surface area contributed by atoms with Crippen LogP contribution >= 0.6 is 0 Å². The van der Waals surface area contributed by atoms with Gasteiger partial charge in [-0.05, 0) is 17.2 Å². The molecule has 20 heavy (non-hydrogen) atoms. The van der Waals surface area contributed by atoms with E-state index in [0.717, 1.165) is 30.8 Å². The molecule has 0 aliphatic carbocycles. The molecule has 0 fully saturated rings. The second-order valence-corrected chi connectivity index (χ2v) is 4.47. The van der Waals surface area contributed by atoms with Gasteiger partial charge in [-0.2, -0.15) is 5.10 Å². The van der Waals surface area contributed by atoms with Gasteiger partial charge in [0, 0.05) is 25.5 Å². The highest BCUT2D eigenvalue weighted by Gasteiger charge is 2.07. The van der Waals surface area contributed by atoms with Gasteiger partial charge in [0.05, 0.1) is 20.1 Å². The number of esters is 1. The molecule has 1 aromatic carbocycles. The molecule has 0 spiro atoms. The summed E-state index contributed by atoms with van der Waals surface area (Å²) in [5.74, 6) is -0.214. The van der Waals surface area contributed by atoms with Crippen molar-refractivity contribution in [2.75, 3.05) is 13.7 Å². The SMILES string of the molecule is COC(=O)Cc1ccccc1CNCCn1cccn1. The standard InChI is InChI=1S/C15H19N3O2/c1-20-15(19)11-13-5-2-3-6-14(13)12-16-8-10-18-9-4-7-17-18/h2-7,9,16H,8,10-12H2,1H3. The molecular formula is C15H19N3O2. The Kier molecular flexibility index (Phi) is 5.32. The fraction of sp³-hybridized carbons (Fsp3) is 0.333. The lowest BCUT2D eigenvalue weighted by Crippen LogP contribution is -2.21. The first kappa shape index (κ1) is 14.3. The molecule has 0 saturated carbocycles. The highest BCUT2D eigenvalue weighted by atomic mass is 16.5. The van der Waals surface area contributed by atoms with Crippen molar-refractivity contribution in [2.24, 2.45) is 0 Å². The Labute approximate surface area is 118 Å². The summed E-state index contributed by atoms with van der Waals surface area (Å²) < 4.78 is 6.60. The van der Waals surface area contributed by atoms with E-state index in [4.69, 9.17) is 4.74 Å². The van der Waals surface area contributed by atoms with Gasteiger partial charge in [-0.1, -0.05) is 24.3 Å². The van der Waals surface area contributed by atoms with Gasteiger partial charge in [0.25, 0.3) is 0 Å². The summed E-state index contributed by atoms with van der Waals surface area (Å²) in [4.78, 5) is 11.4. The van der Waals surface area contributed by atoms with Crippen LogP contribution in [0.4, 0.5) is 0 Å². The number of hydrogen-bond acceptors (Lipinski definition) is 4. The average molecular weight is 273 g/mol. The normalized spacial score (nSPS) is 10.4. The third-order valence-electron chi connectivity index (χ3n) is 3.07. The zero-order valence-electron chi connectivity index (χ0n) is 11.6. The van der Waals surface area contributed by atoms with Crippen LogP contribution in [0.2, 0.25) is 0 Å². The fourth-order valence-electron chi connectivity index (χ4n) is 1.98. The molecule has 106 valence electrons. The second kappa shape index (κ2) is 7.45. The van der Waals surface area contributed by atoms with Gasteiger partial charge in [0.2, 0.25) is 0 Å². The van der Waals surface area contributed by atoms with Crippen LogP contribution < -0.4 is 5.32 Å². The number of methoxy groups -OCH3 is 1. The van der Waals surface area contributed by atoms with Gasteiger partial charge >= 0.3 is 5.97 Å². The molecule has 0 amide bonds.